The van der Waals surface area contributed by atoms with Crippen LogP contribution in [-0.2, 0) is 9.53 Å². The molecule has 1 aromatic carbocycles. The maximum atomic E-state index is 11.3. The molecule has 0 spiro atoms. The Morgan fingerprint density at radius 2 is 2.06 bits per heavy atom. The zero-order valence-corrected chi connectivity index (χ0v) is 10.6. The van der Waals surface area contributed by atoms with E-state index in [1.165, 1.54) is 11.8 Å². The Kier molecular flexibility index (Phi) is 5.43. The number of carbonyl (C=O) groups excluding carboxylic acids is 1. The molecule has 0 aliphatic rings. The van der Waals surface area contributed by atoms with Crippen LogP contribution in [0, 0.1) is 0 Å². The third kappa shape index (κ3) is 4.29. The topological polar surface area (TPSA) is 26.3 Å². The van der Waals surface area contributed by atoms with E-state index < -0.39 is 0 Å². The molecule has 0 aromatic heterocycles. The third-order valence-electron chi connectivity index (χ3n) is 1.79. The van der Waals surface area contributed by atoms with Gasteiger partial charge in [0.25, 0.3) is 0 Å². The Morgan fingerprint density at radius 1 is 1.44 bits per heavy atom. The third-order valence-corrected chi connectivity index (χ3v) is 3.14. The van der Waals surface area contributed by atoms with Crippen molar-refractivity contribution in [3.63, 3.8) is 0 Å². The molecule has 0 saturated heterocycles. The van der Waals surface area contributed by atoms with Gasteiger partial charge in [-0.25, -0.2) is 4.79 Å². The fourth-order valence-corrected chi connectivity index (χ4v) is 1.91. The van der Waals surface area contributed by atoms with E-state index in [0.717, 1.165) is 4.90 Å². The van der Waals surface area contributed by atoms with Crippen molar-refractivity contribution in [3.8, 4) is 0 Å². The van der Waals surface area contributed by atoms with Gasteiger partial charge in [-0.2, -0.15) is 0 Å². The van der Waals surface area contributed by atoms with E-state index in [1.807, 2.05) is 24.3 Å². The SMILES string of the molecule is C=C(CSc1ccc(Cl)cc1)C(=O)OCC. The number of thioether (sulfide) groups is 1. The van der Waals surface area contributed by atoms with Gasteiger partial charge in [-0.05, 0) is 31.2 Å². The van der Waals surface area contributed by atoms with E-state index in [0.29, 0.717) is 23.0 Å². The molecule has 0 unspecified atom stereocenters. The smallest absolute Gasteiger partial charge is 0.334 e. The number of hydrogen-bond donors (Lipinski definition) is 0. The minimum atomic E-state index is -0.330. The van der Waals surface area contributed by atoms with Crippen LogP contribution in [0.1, 0.15) is 6.92 Å². The van der Waals surface area contributed by atoms with Crippen LogP contribution in [0.4, 0.5) is 0 Å². The Bertz CT molecular complexity index is 373. The van der Waals surface area contributed by atoms with E-state index in [2.05, 4.69) is 6.58 Å². The highest BCUT2D eigenvalue weighted by Gasteiger charge is 2.07. The molecule has 4 heteroatoms. The number of rotatable bonds is 5. The first-order valence-electron chi connectivity index (χ1n) is 4.86. The second-order valence-electron chi connectivity index (χ2n) is 3.07. The van der Waals surface area contributed by atoms with Crippen molar-refractivity contribution in [1.82, 2.24) is 0 Å². The van der Waals surface area contributed by atoms with Crippen molar-refractivity contribution >= 4 is 29.3 Å². The average molecular weight is 257 g/mol. The summed E-state index contributed by atoms with van der Waals surface area (Å²) in [4.78, 5) is 12.3. The number of halogens is 1. The first-order chi connectivity index (χ1) is 7.63. The predicted molar refractivity (Wildman–Crippen MR) is 67.9 cm³/mol. The lowest BCUT2D eigenvalue weighted by atomic mass is 10.3. The van der Waals surface area contributed by atoms with Crippen molar-refractivity contribution in [1.29, 1.82) is 0 Å². The fraction of sp³-hybridized carbons (Fsp3) is 0.250. The van der Waals surface area contributed by atoms with Crippen LogP contribution in [0.5, 0.6) is 0 Å². The summed E-state index contributed by atoms with van der Waals surface area (Å²) in [6.07, 6.45) is 0. The van der Waals surface area contributed by atoms with Gasteiger partial charge in [0.1, 0.15) is 0 Å². The molecule has 1 aromatic rings. The predicted octanol–water partition coefficient (Wildman–Crippen LogP) is 3.55. The summed E-state index contributed by atoms with van der Waals surface area (Å²) in [5.74, 6) is 0.199. The van der Waals surface area contributed by atoms with Crippen LogP contribution in [0.15, 0.2) is 41.3 Å². The number of esters is 1. The number of benzene rings is 1. The van der Waals surface area contributed by atoms with Gasteiger partial charge in [0.2, 0.25) is 0 Å². The summed E-state index contributed by atoms with van der Waals surface area (Å²) in [5.41, 5.74) is 0.474. The Balaban J connectivity index is 2.42. The zero-order valence-electron chi connectivity index (χ0n) is 9.03. The van der Waals surface area contributed by atoms with E-state index in [9.17, 15) is 4.79 Å². The van der Waals surface area contributed by atoms with Crippen LogP contribution < -0.4 is 0 Å². The normalized spacial score (nSPS) is 9.88. The van der Waals surface area contributed by atoms with Crippen molar-refractivity contribution in [2.75, 3.05) is 12.4 Å². The molecular formula is C12H13ClO2S. The standard InChI is InChI=1S/C12H13ClO2S/c1-3-15-12(14)9(2)8-16-11-6-4-10(13)5-7-11/h4-7H,2-3,8H2,1H3. The summed E-state index contributed by atoms with van der Waals surface area (Å²) in [6.45, 7) is 5.84. The quantitative estimate of drug-likeness (QED) is 0.458. The lowest BCUT2D eigenvalue weighted by Crippen LogP contribution is -2.08. The van der Waals surface area contributed by atoms with Crippen LogP contribution in [0.2, 0.25) is 5.02 Å². The summed E-state index contributed by atoms with van der Waals surface area (Å²) >= 11 is 7.30. The molecule has 1 rings (SSSR count). The van der Waals surface area contributed by atoms with E-state index >= 15 is 0 Å². The molecule has 0 radical (unpaired) electrons. The van der Waals surface area contributed by atoms with Crippen molar-refractivity contribution in [2.45, 2.75) is 11.8 Å². The molecule has 0 fully saturated rings. The summed E-state index contributed by atoms with van der Waals surface area (Å²) in [6, 6.07) is 7.45. The molecule has 0 atom stereocenters. The van der Waals surface area contributed by atoms with Gasteiger partial charge in [0, 0.05) is 21.2 Å². The zero-order chi connectivity index (χ0) is 12.0. The van der Waals surface area contributed by atoms with Gasteiger partial charge in [-0.3, -0.25) is 0 Å². The van der Waals surface area contributed by atoms with Crippen molar-refractivity contribution in [3.05, 3.63) is 41.4 Å². The van der Waals surface area contributed by atoms with E-state index in [1.54, 1.807) is 6.92 Å². The van der Waals surface area contributed by atoms with Gasteiger partial charge >= 0.3 is 5.97 Å². The van der Waals surface area contributed by atoms with Gasteiger partial charge in [-0.15, -0.1) is 11.8 Å². The molecule has 0 aliphatic carbocycles. The second kappa shape index (κ2) is 6.61. The van der Waals surface area contributed by atoms with Crippen LogP contribution in [-0.4, -0.2) is 18.3 Å². The average Bonchev–Trinajstić information content (AvgIpc) is 2.28. The number of carbonyl (C=O) groups is 1. The molecule has 86 valence electrons. The minimum absolute atomic E-state index is 0.330. The molecular weight excluding hydrogens is 244 g/mol. The van der Waals surface area contributed by atoms with Crippen LogP contribution in [0.3, 0.4) is 0 Å². The monoisotopic (exact) mass is 256 g/mol. The largest absolute Gasteiger partial charge is 0.463 e. The lowest BCUT2D eigenvalue weighted by molar-refractivity contribution is -0.138. The van der Waals surface area contributed by atoms with Gasteiger partial charge in [0.15, 0.2) is 0 Å². The molecule has 0 aliphatic heterocycles. The Morgan fingerprint density at radius 3 is 2.62 bits per heavy atom. The first kappa shape index (κ1) is 13.1. The highest BCUT2D eigenvalue weighted by molar-refractivity contribution is 7.99. The van der Waals surface area contributed by atoms with Crippen molar-refractivity contribution in [2.24, 2.45) is 0 Å². The van der Waals surface area contributed by atoms with E-state index in [-0.39, 0.29) is 5.97 Å². The van der Waals surface area contributed by atoms with E-state index in [4.69, 9.17) is 16.3 Å². The summed E-state index contributed by atoms with van der Waals surface area (Å²) in [7, 11) is 0. The highest BCUT2D eigenvalue weighted by Crippen LogP contribution is 2.22. The second-order valence-corrected chi connectivity index (χ2v) is 4.55. The maximum Gasteiger partial charge on any atom is 0.334 e. The Labute approximate surface area is 105 Å². The van der Waals surface area contributed by atoms with Crippen LogP contribution in [0.25, 0.3) is 0 Å². The van der Waals surface area contributed by atoms with Gasteiger partial charge < -0.3 is 4.74 Å². The van der Waals surface area contributed by atoms with Crippen molar-refractivity contribution < 1.29 is 9.53 Å². The lowest BCUT2D eigenvalue weighted by Gasteiger charge is -2.05. The molecule has 0 N–H and O–H groups in total. The summed E-state index contributed by atoms with van der Waals surface area (Å²) in [5, 5.41) is 0.702. The number of ether oxygens (including phenoxy) is 1. The molecule has 0 bridgehead atoms. The fourth-order valence-electron chi connectivity index (χ4n) is 0.993. The number of hydrogen-bond acceptors (Lipinski definition) is 3. The van der Waals surface area contributed by atoms with Gasteiger partial charge in [-0.1, -0.05) is 18.2 Å². The minimum Gasteiger partial charge on any atom is -0.463 e. The Hall–Kier alpha value is -0.930. The molecule has 0 saturated carbocycles. The highest BCUT2D eigenvalue weighted by atomic mass is 35.5. The molecule has 2 nitrogen and oxygen atoms in total. The molecule has 0 amide bonds. The summed E-state index contributed by atoms with van der Waals surface area (Å²) < 4.78 is 4.84. The van der Waals surface area contributed by atoms with Gasteiger partial charge in [0.05, 0.1) is 6.61 Å². The molecule has 16 heavy (non-hydrogen) atoms. The first-order valence-corrected chi connectivity index (χ1v) is 6.23. The van der Waals surface area contributed by atoms with Crippen LogP contribution >= 0.6 is 23.4 Å². The molecule has 0 heterocycles. The maximum absolute atomic E-state index is 11.3.